The van der Waals surface area contributed by atoms with Crippen molar-refractivity contribution in [1.82, 2.24) is 4.90 Å². The van der Waals surface area contributed by atoms with Crippen LogP contribution in [0.5, 0.6) is 17.2 Å². The SMILES string of the molecule is C=CCO[C@@]12Oc3ccc(Oc4ccc(SC)cc4)cc3[C@H]3[C@H](CCCCO)[C@@H](CCCCO)C=C(C(=NOC4CCCCO4)C[C@@H]1N(CCC)C(=O)C=Cc1ccc([N+](=O)[O-])cc1)[C@H]32. The summed E-state index contributed by atoms with van der Waals surface area (Å²) in [7, 11) is 0. The average molecular weight is 910 g/mol. The zero-order valence-electron chi connectivity index (χ0n) is 37.6. The van der Waals surface area contributed by atoms with Crippen LogP contribution in [0, 0.1) is 27.9 Å². The summed E-state index contributed by atoms with van der Waals surface area (Å²) in [5.74, 6) is -0.318. The topological polar surface area (TPSA) is 162 Å². The summed E-state index contributed by atoms with van der Waals surface area (Å²) in [5.41, 5.74) is 3.20. The number of nitro groups is 1. The number of hydrogen-bond donors (Lipinski definition) is 2. The zero-order valence-corrected chi connectivity index (χ0v) is 38.4. The molecule has 3 aromatic rings. The number of nitrogens with zero attached hydrogens (tertiary/aromatic N) is 3. The first kappa shape index (κ1) is 48.0. The number of non-ortho nitro benzene ring substituents is 1. The summed E-state index contributed by atoms with van der Waals surface area (Å²) < 4.78 is 27.0. The minimum absolute atomic E-state index is 0.0355. The second-order valence-corrected chi connectivity index (χ2v) is 18.0. The number of carbonyl (C=O) groups excluding carboxylic acids is 1. The highest BCUT2D eigenvalue weighted by molar-refractivity contribution is 7.98. The Kier molecular flexibility index (Phi) is 16.9. The maximum Gasteiger partial charge on any atom is 0.269 e. The van der Waals surface area contributed by atoms with E-state index in [4.69, 9.17) is 28.9 Å². The van der Waals surface area contributed by atoms with Gasteiger partial charge in [-0.1, -0.05) is 37.1 Å². The third-order valence-electron chi connectivity index (χ3n) is 13.0. The highest BCUT2D eigenvalue weighted by Crippen LogP contribution is 2.62. The summed E-state index contributed by atoms with van der Waals surface area (Å²) in [6.45, 7) is 7.34. The molecule has 13 nitrogen and oxygen atoms in total. The molecule has 7 rings (SSSR count). The number of unbranched alkanes of at least 4 members (excludes halogenated alkanes) is 2. The molecular weight excluding hydrogens is 847 g/mol. The molecule has 0 bridgehead atoms. The van der Waals surface area contributed by atoms with Crippen LogP contribution in [0.15, 0.2) is 107 Å². The minimum Gasteiger partial charge on any atom is -0.459 e. The van der Waals surface area contributed by atoms with Crippen LogP contribution < -0.4 is 9.47 Å². The number of benzene rings is 3. The minimum atomic E-state index is -1.43. The van der Waals surface area contributed by atoms with Crippen LogP contribution in [0.1, 0.15) is 94.6 Å². The number of aliphatic hydroxyl groups excluding tert-OH is 2. The normalized spacial score (nSPS) is 25.2. The molecule has 0 spiro atoms. The van der Waals surface area contributed by atoms with Gasteiger partial charge in [0.15, 0.2) is 0 Å². The lowest BCUT2D eigenvalue weighted by Gasteiger charge is -2.60. The van der Waals surface area contributed by atoms with E-state index in [0.717, 1.165) is 54.6 Å². The fourth-order valence-corrected chi connectivity index (χ4v) is 10.4. The Morgan fingerprint density at radius 2 is 1.78 bits per heavy atom. The molecule has 4 aliphatic rings. The number of thioether (sulfide) groups is 1. The van der Waals surface area contributed by atoms with Gasteiger partial charge in [0.25, 0.3) is 5.69 Å². The number of oxime groups is 1. The molecule has 65 heavy (non-hydrogen) atoms. The van der Waals surface area contributed by atoms with Gasteiger partial charge in [0, 0.05) is 67.2 Å². The molecule has 2 fully saturated rings. The highest BCUT2D eigenvalue weighted by Gasteiger charge is 2.65. The second-order valence-electron chi connectivity index (χ2n) is 17.2. The number of nitro benzene ring substituents is 1. The molecule has 0 radical (unpaired) electrons. The van der Waals surface area contributed by atoms with Crippen LogP contribution in [0.2, 0.25) is 0 Å². The lowest BCUT2D eigenvalue weighted by atomic mass is 9.55. The summed E-state index contributed by atoms with van der Waals surface area (Å²) in [6.07, 6.45) is 16.8. The van der Waals surface area contributed by atoms with E-state index in [1.807, 2.05) is 54.5 Å². The van der Waals surface area contributed by atoms with Gasteiger partial charge in [-0.15, -0.1) is 18.3 Å². The lowest BCUT2D eigenvalue weighted by Crippen LogP contribution is -2.70. The summed E-state index contributed by atoms with van der Waals surface area (Å²) >= 11 is 1.67. The molecule has 2 heterocycles. The summed E-state index contributed by atoms with van der Waals surface area (Å²) in [4.78, 5) is 34.9. The Balaban J connectivity index is 1.41. The fourth-order valence-electron chi connectivity index (χ4n) is 10.0. The lowest BCUT2D eigenvalue weighted by molar-refractivity contribution is -0.384. The maximum atomic E-state index is 14.8. The zero-order chi connectivity index (χ0) is 45.8. The van der Waals surface area contributed by atoms with Gasteiger partial charge in [-0.2, -0.15) is 0 Å². The Hall–Kier alpha value is -4.99. The van der Waals surface area contributed by atoms with E-state index in [1.54, 1.807) is 36.0 Å². The van der Waals surface area contributed by atoms with Crippen LogP contribution in [0.3, 0.4) is 0 Å². The Labute approximate surface area is 386 Å². The molecule has 2 N–H and O–H groups in total. The van der Waals surface area contributed by atoms with E-state index in [2.05, 4.69) is 18.7 Å². The van der Waals surface area contributed by atoms with Gasteiger partial charge in [-0.25, -0.2) is 0 Å². The quantitative estimate of drug-likeness (QED) is 0.0246. The first-order valence-corrected chi connectivity index (χ1v) is 24.4. The van der Waals surface area contributed by atoms with Crippen molar-refractivity contribution in [3.8, 4) is 17.2 Å². The first-order valence-electron chi connectivity index (χ1n) is 23.1. The van der Waals surface area contributed by atoms with Gasteiger partial charge in [0.2, 0.25) is 18.0 Å². The smallest absolute Gasteiger partial charge is 0.269 e. The van der Waals surface area contributed by atoms with Crippen molar-refractivity contribution in [2.45, 2.75) is 106 Å². The van der Waals surface area contributed by atoms with Crippen LogP contribution in [0.25, 0.3) is 6.08 Å². The monoisotopic (exact) mass is 909 g/mol. The Bertz CT molecular complexity index is 2170. The molecule has 2 aliphatic carbocycles. The Morgan fingerprint density at radius 3 is 2.46 bits per heavy atom. The van der Waals surface area contributed by atoms with E-state index in [9.17, 15) is 25.1 Å². The van der Waals surface area contributed by atoms with Crippen LogP contribution >= 0.6 is 11.8 Å². The molecule has 14 heteroatoms. The molecule has 2 aliphatic heterocycles. The van der Waals surface area contributed by atoms with Gasteiger partial charge < -0.3 is 38.9 Å². The number of aliphatic hydroxyl groups is 2. The number of rotatable bonds is 22. The van der Waals surface area contributed by atoms with Crippen molar-refractivity contribution < 1.29 is 43.7 Å². The molecule has 348 valence electrons. The highest BCUT2D eigenvalue weighted by atomic mass is 32.2. The number of carbonyl (C=O) groups is 1. The number of fused-ring (bicyclic) bond motifs is 2. The van der Waals surface area contributed by atoms with E-state index in [0.29, 0.717) is 67.4 Å². The van der Waals surface area contributed by atoms with Crippen molar-refractivity contribution in [3.05, 3.63) is 118 Å². The number of amides is 1. The number of ether oxygens (including phenoxy) is 4. The molecule has 1 unspecified atom stereocenters. The molecule has 1 amide bonds. The maximum absolute atomic E-state index is 14.8. The summed E-state index contributed by atoms with van der Waals surface area (Å²) in [5, 5.41) is 36.3. The van der Waals surface area contributed by atoms with Crippen molar-refractivity contribution in [2.24, 2.45) is 22.9 Å². The van der Waals surface area contributed by atoms with E-state index in [-0.39, 0.29) is 55.6 Å². The molecule has 1 saturated carbocycles. The standard InChI is InChI=1S/C51H63N3O10S/c1-4-27-53(47(57)26-17-35-15-18-37(19-16-35)54(58)59)46-34-44(52-64-48-14-8-11-31-60-48)42-32-36(12-6-9-28-55)41(13-7-10-29-56)49-43-33-39(62-38-20-23-40(65-3)24-21-38)22-25-45(43)63-51(46,50(42)49)61-30-5-2/h5,15-26,32-33,36,41,46,48-50,55-56H,2,4,6-14,27-31,34H2,1,3H3/t36-,41+,46-,48?,49+,50+,51+/m0/s1. The van der Waals surface area contributed by atoms with Gasteiger partial charge in [0.1, 0.15) is 23.3 Å². The van der Waals surface area contributed by atoms with Crippen LogP contribution in [-0.2, 0) is 19.1 Å². The van der Waals surface area contributed by atoms with Gasteiger partial charge >= 0.3 is 0 Å². The van der Waals surface area contributed by atoms with Gasteiger partial charge in [-0.05, 0) is 135 Å². The first-order chi connectivity index (χ1) is 31.7. The largest absolute Gasteiger partial charge is 0.459 e. The van der Waals surface area contributed by atoms with Crippen molar-refractivity contribution in [2.75, 3.05) is 39.2 Å². The molecule has 3 aromatic carbocycles. The third-order valence-corrected chi connectivity index (χ3v) is 13.7. The van der Waals surface area contributed by atoms with Crippen molar-refractivity contribution in [1.29, 1.82) is 0 Å². The van der Waals surface area contributed by atoms with Crippen molar-refractivity contribution >= 4 is 35.1 Å². The average Bonchev–Trinajstić information content (AvgIpc) is 3.33. The van der Waals surface area contributed by atoms with Crippen LogP contribution in [-0.4, -0.2) is 89.0 Å². The Morgan fingerprint density at radius 1 is 1.03 bits per heavy atom. The molecule has 7 atom stereocenters. The predicted molar refractivity (Wildman–Crippen MR) is 252 cm³/mol. The van der Waals surface area contributed by atoms with Gasteiger partial charge in [0.05, 0.1) is 29.8 Å². The van der Waals surface area contributed by atoms with Gasteiger partial charge in [-0.3, -0.25) is 14.9 Å². The van der Waals surface area contributed by atoms with E-state index < -0.39 is 29.0 Å². The second kappa shape index (κ2) is 23.0. The molecule has 0 aromatic heterocycles. The van der Waals surface area contributed by atoms with Crippen LogP contribution in [0.4, 0.5) is 5.69 Å². The number of hydrogen-bond acceptors (Lipinski definition) is 12. The summed E-state index contributed by atoms with van der Waals surface area (Å²) in [6, 6.07) is 19.3. The molecular formula is C51H63N3O10S. The predicted octanol–water partition coefficient (Wildman–Crippen LogP) is 10.2. The fraction of sp³-hybridized carbons (Fsp3) is 0.490. The molecule has 1 saturated heterocycles. The third kappa shape index (κ3) is 11.2. The number of allylic oxidation sites excluding steroid dienone is 1. The van der Waals surface area contributed by atoms with E-state index in [1.165, 1.54) is 18.2 Å². The van der Waals surface area contributed by atoms with Crippen molar-refractivity contribution in [3.63, 3.8) is 0 Å². The van der Waals surface area contributed by atoms with E-state index >= 15 is 0 Å².